The van der Waals surface area contributed by atoms with Crippen LogP contribution in [0, 0.1) is 0 Å². The molecule has 0 aliphatic heterocycles. The molecule has 0 heterocycles. The average molecular weight is 381 g/mol. The fourth-order valence-corrected chi connectivity index (χ4v) is 2.54. The quantitative estimate of drug-likeness (QED) is 0.557. The minimum absolute atomic E-state index is 0.288. The fourth-order valence-electron chi connectivity index (χ4n) is 1.45. The van der Waals surface area contributed by atoms with E-state index in [9.17, 15) is 0 Å². The van der Waals surface area contributed by atoms with Crippen molar-refractivity contribution in [2.45, 2.75) is 6.61 Å². The SMILES string of the molecule is Nc1ccc(COc2cc(Cl)c(Br)cc2Cl)c(Cl)c1. The first-order valence-corrected chi connectivity index (χ1v) is 7.21. The third kappa shape index (κ3) is 3.69. The maximum atomic E-state index is 6.07. The molecule has 0 radical (unpaired) electrons. The van der Waals surface area contributed by atoms with Gasteiger partial charge in [0.25, 0.3) is 0 Å². The lowest BCUT2D eigenvalue weighted by Crippen LogP contribution is -1.98. The van der Waals surface area contributed by atoms with Crippen LogP contribution in [0.25, 0.3) is 0 Å². The van der Waals surface area contributed by atoms with Crippen LogP contribution in [0.1, 0.15) is 5.56 Å². The molecule has 0 spiro atoms. The van der Waals surface area contributed by atoms with Gasteiger partial charge in [-0.2, -0.15) is 0 Å². The maximum Gasteiger partial charge on any atom is 0.139 e. The van der Waals surface area contributed by atoms with Crippen molar-refractivity contribution in [3.8, 4) is 5.75 Å². The van der Waals surface area contributed by atoms with Gasteiger partial charge in [-0.15, -0.1) is 0 Å². The van der Waals surface area contributed by atoms with Crippen molar-refractivity contribution in [3.05, 3.63) is 55.4 Å². The number of rotatable bonds is 3. The predicted molar refractivity (Wildman–Crippen MR) is 84.4 cm³/mol. The van der Waals surface area contributed by atoms with Crippen molar-refractivity contribution >= 4 is 56.4 Å². The van der Waals surface area contributed by atoms with Crippen molar-refractivity contribution in [2.24, 2.45) is 0 Å². The van der Waals surface area contributed by atoms with E-state index in [0.717, 1.165) is 10.0 Å². The second kappa shape index (κ2) is 6.23. The molecule has 0 aliphatic rings. The minimum atomic E-state index is 0.288. The van der Waals surface area contributed by atoms with Crippen molar-refractivity contribution in [1.82, 2.24) is 0 Å². The van der Waals surface area contributed by atoms with Crippen LogP contribution in [0.3, 0.4) is 0 Å². The van der Waals surface area contributed by atoms with E-state index in [1.54, 1.807) is 24.3 Å². The summed E-state index contributed by atoms with van der Waals surface area (Å²) in [6.07, 6.45) is 0. The number of nitrogens with two attached hydrogens (primary N) is 1. The zero-order chi connectivity index (χ0) is 14.0. The Morgan fingerprint density at radius 3 is 2.42 bits per heavy atom. The van der Waals surface area contributed by atoms with E-state index in [0.29, 0.717) is 26.5 Å². The Hall–Kier alpha value is -0.610. The Balaban J connectivity index is 2.16. The van der Waals surface area contributed by atoms with Gasteiger partial charge in [-0.05, 0) is 34.1 Å². The maximum absolute atomic E-state index is 6.07. The molecule has 0 saturated carbocycles. The molecule has 0 unspecified atom stereocenters. The van der Waals surface area contributed by atoms with Crippen molar-refractivity contribution in [2.75, 3.05) is 5.73 Å². The van der Waals surface area contributed by atoms with Gasteiger partial charge >= 0.3 is 0 Å². The Labute approximate surface area is 134 Å². The topological polar surface area (TPSA) is 35.2 Å². The second-order valence-electron chi connectivity index (χ2n) is 3.84. The van der Waals surface area contributed by atoms with Crippen LogP contribution < -0.4 is 10.5 Å². The molecule has 2 aromatic rings. The highest BCUT2D eigenvalue weighted by atomic mass is 79.9. The molecule has 2 N–H and O–H groups in total. The molecule has 0 bridgehead atoms. The summed E-state index contributed by atoms with van der Waals surface area (Å²) >= 11 is 21.4. The molecule has 6 heteroatoms. The van der Waals surface area contributed by atoms with E-state index in [1.807, 2.05) is 6.07 Å². The van der Waals surface area contributed by atoms with Crippen LogP contribution in [-0.2, 0) is 6.61 Å². The Morgan fingerprint density at radius 1 is 1.00 bits per heavy atom. The first kappa shape index (κ1) is 14.8. The number of halogens is 4. The zero-order valence-corrected chi connectivity index (χ0v) is 13.4. The summed E-state index contributed by atoms with van der Waals surface area (Å²) in [5, 5.41) is 1.56. The molecular weight excluding hydrogens is 372 g/mol. The first-order chi connectivity index (χ1) is 8.97. The molecule has 19 heavy (non-hydrogen) atoms. The Kier molecular flexibility index (Phi) is 4.85. The van der Waals surface area contributed by atoms with E-state index in [1.165, 1.54) is 0 Å². The standard InChI is InChI=1S/C13H9BrCl3NO/c14-9-4-12(17)13(5-11(9)16)19-6-7-1-2-8(18)3-10(7)15/h1-5H,6,18H2. The lowest BCUT2D eigenvalue weighted by Gasteiger charge is -2.10. The molecule has 0 amide bonds. The van der Waals surface area contributed by atoms with E-state index in [4.69, 9.17) is 45.3 Å². The van der Waals surface area contributed by atoms with E-state index >= 15 is 0 Å². The molecular formula is C13H9BrCl3NO. The lowest BCUT2D eigenvalue weighted by atomic mass is 10.2. The minimum Gasteiger partial charge on any atom is -0.487 e. The average Bonchev–Trinajstić information content (AvgIpc) is 2.34. The molecule has 0 saturated heterocycles. The molecule has 100 valence electrons. The van der Waals surface area contributed by atoms with Gasteiger partial charge in [-0.25, -0.2) is 0 Å². The van der Waals surface area contributed by atoms with Crippen molar-refractivity contribution in [3.63, 3.8) is 0 Å². The van der Waals surface area contributed by atoms with Crippen molar-refractivity contribution in [1.29, 1.82) is 0 Å². The molecule has 2 nitrogen and oxygen atoms in total. The monoisotopic (exact) mass is 379 g/mol. The van der Waals surface area contributed by atoms with E-state index in [-0.39, 0.29) is 6.61 Å². The summed E-state index contributed by atoms with van der Waals surface area (Å²) in [6.45, 7) is 0.288. The van der Waals surface area contributed by atoms with Crippen LogP contribution in [0.15, 0.2) is 34.8 Å². The highest BCUT2D eigenvalue weighted by Crippen LogP contribution is 2.34. The van der Waals surface area contributed by atoms with Gasteiger partial charge in [-0.3, -0.25) is 0 Å². The highest BCUT2D eigenvalue weighted by molar-refractivity contribution is 9.10. The summed E-state index contributed by atoms with van der Waals surface area (Å²) in [4.78, 5) is 0. The number of benzene rings is 2. The Bertz CT molecular complexity index is 619. The molecule has 0 aromatic heterocycles. The van der Waals surface area contributed by atoms with Crippen LogP contribution >= 0.6 is 50.7 Å². The number of nitrogen functional groups attached to an aromatic ring is 1. The van der Waals surface area contributed by atoms with Crippen LogP contribution in [0.4, 0.5) is 5.69 Å². The van der Waals surface area contributed by atoms with Crippen LogP contribution in [0.5, 0.6) is 5.75 Å². The molecule has 0 atom stereocenters. The molecule has 2 aromatic carbocycles. The summed E-state index contributed by atoms with van der Waals surface area (Å²) in [5.41, 5.74) is 7.06. The summed E-state index contributed by atoms with van der Waals surface area (Å²) in [6, 6.07) is 8.59. The predicted octanol–water partition coefficient (Wildman–Crippen LogP) is 5.57. The Morgan fingerprint density at radius 2 is 1.74 bits per heavy atom. The number of hydrogen-bond donors (Lipinski definition) is 1. The molecule has 0 fully saturated rings. The van der Waals surface area contributed by atoms with Gasteiger partial charge in [0.05, 0.1) is 10.0 Å². The lowest BCUT2D eigenvalue weighted by molar-refractivity contribution is 0.306. The summed E-state index contributed by atoms with van der Waals surface area (Å²) in [5.74, 6) is 0.503. The van der Waals surface area contributed by atoms with E-state index < -0.39 is 0 Å². The van der Waals surface area contributed by atoms with Crippen LogP contribution in [-0.4, -0.2) is 0 Å². The number of ether oxygens (including phenoxy) is 1. The second-order valence-corrected chi connectivity index (χ2v) is 5.91. The highest BCUT2D eigenvalue weighted by Gasteiger charge is 2.08. The fraction of sp³-hybridized carbons (Fsp3) is 0.0769. The first-order valence-electron chi connectivity index (χ1n) is 5.28. The van der Waals surface area contributed by atoms with Gasteiger partial charge < -0.3 is 10.5 Å². The van der Waals surface area contributed by atoms with Gasteiger partial charge in [-0.1, -0.05) is 40.9 Å². The summed E-state index contributed by atoms with van der Waals surface area (Å²) < 4.78 is 6.34. The molecule has 2 rings (SSSR count). The van der Waals surface area contributed by atoms with Gasteiger partial charge in [0.1, 0.15) is 12.4 Å². The van der Waals surface area contributed by atoms with E-state index in [2.05, 4.69) is 15.9 Å². The largest absolute Gasteiger partial charge is 0.487 e. The van der Waals surface area contributed by atoms with Crippen LogP contribution in [0.2, 0.25) is 15.1 Å². The van der Waals surface area contributed by atoms with Gasteiger partial charge in [0.2, 0.25) is 0 Å². The molecule has 0 aliphatic carbocycles. The third-order valence-electron chi connectivity index (χ3n) is 2.44. The van der Waals surface area contributed by atoms with Gasteiger partial charge in [0.15, 0.2) is 0 Å². The zero-order valence-electron chi connectivity index (χ0n) is 9.59. The third-order valence-corrected chi connectivity index (χ3v) is 4.28. The summed E-state index contributed by atoms with van der Waals surface area (Å²) in [7, 11) is 0. The smallest absolute Gasteiger partial charge is 0.139 e. The number of anilines is 1. The van der Waals surface area contributed by atoms with Gasteiger partial charge in [0, 0.05) is 26.8 Å². The number of hydrogen-bond acceptors (Lipinski definition) is 2. The normalized spacial score (nSPS) is 10.5. The van der Waals surface area contributed by atoms with Crippen molar-refractivity contribution < 1.29 is 4.74 Å².